The second-order valence-corrected chi connectivity index (χ2v) is 5.09. The van der Waals surface area contributed by atoms with Crippen molar-refractivity contribution in [2.45, 2.75) is 6.92 Å². The molecule has 1 N–H and O–H groups in total. The summed E-state index contributed by atoms with van der Waals surface area (Å²) in [5.41, 5.74) is 2.08. The molecular formula is C9H9N5S2. The standard InChI is InChI=1S/C9H9N5S2/c1-5-7(6-3-15-8(10-2)13-6)16-9-11-4-12-14(5)9/h3-4H,1-2H3,(H,10,13). The predicted octanol–water partition coefficient (Wildman–Crippen LogP) is 2.26. The quantitative estimate of drug-likeness (QED) is 0.759. The zero-order valence-electron chi connectivity index (χ0n) is 8.76. The van der Waals surface area contributed by atoms with E-state index < -0.39 is 0 Å². The Kier molecular flexibility index (Phi) is 2.15. The maximum Gasteiger partial charge on any atom is 0.212 e. The third kappa shape index (κ3) is 1.32. The lowest BCUT2D eigenvalue weighted by Crippen LogP contribution is -1.88. The van der Waals surface area contributed by atoms with Gasteiger partial charge in [0.25, 0.3) is 0 Å². The Balaban J connectivity index is 2.17. The average molecular weight is 251 g/mol. The van der Waals surface area contributed by atoms with Crippen LogP contribution in [0.1, 0.15) is 5.69 Å². The molecule has 0 spiro atoms. The highest BCUT2D eigenvalue weighted by Crippen LogP contribution is 2.33. The van der Waals surface area contributed by atoms with Gasteiger partial charge in [-0.15, -0.1) is 11.3 Å². The molecule has 3 aromatic rings. The van der Waals surface area contributed by atoms with Crippen molar-refractivity contribution in [3.63, 3.8) is 0 Å². The molecular weight excluding hydrogens is 242 g/mol. The highest BCUT2D eigenvalue weighted by Gasteiger charge is 2.14. The summed E-state index contributed by atoms with van der Waals surface area (Å²) in [7, 11) is 1.87. The Morgan fingerprint density at radius 2 is 2.31 bits per heavy atom. The molecule has 0 unspecified atom stereocenters. The van der Waals surface area contributed by atoms with Gasteiger partial charge < -0.3 is 5.32 Å². The first-order chi connectivity index (χ1) is 7.79. The van der Waals surface area contributed by atoms with Gasteiger partial charge >= 0.3 is 0 Å². The van der Waals surface area contributed by atoms with E-state index in [0.717, 1.165) is 26.4 Å². The molecule has 16 heavy (non-hydrogen) atoms. The van der Waals surface area contributed by atoms with Crippen LogP contribution in [-0.2, 0) is 0 Å². The van der Waals surface area contributed by atoms with Gasteiger partial charge in [-0.1, -0.05) is 11.3 Å². The number of hydrogen-bond acceptors (Lipinski definition) is 6. The molecule has 0 saturated heterocycles. The van der Waals surface area contributed by atoms with E-state index in [9.17, 15) is 0 Å². The Bertz CT molecular complexity index is 635. The first kappa shape index (κ1) is 9.73. The molecule has 0 bridgehead atoms. The molecule has 0 saturated carbocycles. The number of nitrogens with zero attached hydrogens (tertiary/aromatic N) is 4. The van der Waals surface area contributed by atoms with Crippen LogP contribution in [0.5, 0.6) is 0 Å². The monoisotopic (exact) mass is 251 g/mol. The molecule has 3 aromatic heterocycles. The van der Waals surface area contributed by atoms with E-state index in [1.165, 1.54) is 0 Å². The normalized spacial score (nSPS) is 11.1. The van der Waals surface area contributed by atoms with E-state index in [4.69, 9.17) is 0 Å². The SMILES string of the molecule is CNc1nc(-c2sc3ncnn3c2C)cs1. The largest absolute Gasteiger partial charge is 0.365 e. The van der Waals surface area contributed by atoms with Crippen molar-refractivity contribution in [3.05, 3.63) is 17.4 Å². The summed E-state index contributed by atoms with van der Waals surface area (Å²) in [6, 6.07) is 0. The zero-order chi connectivity index (χ0) is 11.1. The summed E-state index contributed by atoms with van der Waals surface area (Å²) in [6.07, 6.45) is 1.57. The minimum absolute atomic E-state index is 0.909. The van der Waals surface area contributed by atoms with E-state index in [0.29, 0.717) is 0 Å². The van der Waals surface area contributed by atoms with Gasteiger partial charge in [0.2, 0.25) is 4.96 Å². The molecule has 0 aliphatic rings. The van der Waals surface area contributed by atoms with Crippen LogP contribution in [0.2, 0.25) is 0 Å². The maximum atomic E-state index is 4.48. The molecule has 0 aliphatic carbocycles. The van der Waals surface area contributed by atoms with Gasteiger partial charge in [0.1, 0.15) is 6.33 Å². The minimum atomic E-state index is 0.909. The van der Waals surface area contributed by atoms with Crippen LogP contribution in [0.4, 0.5) is 5.13 Å². The molecule has 7 heteroatoms. The molecule has 3 rings (SSSR count). The smallest absolute Gasteiger partial charge is 0.212 e. The lowest BCUT2D eigenvalue weighted by molar-refractivity contribution is 0.933. The molecule has 0 aliphatic heterocycles. The first-order valence-electron chi connectivity index (χ1n) is 4.72. The van der Waals surface area contributed by atoms with Crippen molar-refractivity contribution in [1.29, 1.82) is 0 Å². The summed E-state index contributed by atoms with van der Waals surface area (Å²) in [5, 5.41) is 10.2. The highest BCUT2D eigenvalue weighted by atomic mass is 32.1. The fourth-order valence-electron chi connectivity index (χ4n) is 1.52. The number of rotatable bonds is 2. The Morgan fingerprint density at radius 3 is 3.00 bits per heavy atom. The van der Waals surface area contributed by atoms with Crippen LogP contribution in [0.25, 0.3) is 15.5 Å². The van der Waals surface area contributed by atoms with E-state index in [1.807, 2.05) is 23.9 Å². The summed E-state index contributed by atoms with van der Waals surface area (Å²) >= 11 is 3.21. The second kappa shape index (κ2) is 3.53. The van der Waals surface area contributed by atoms with Crippen molar-refractivity contribution in [3.8, 4) is 10.6 Å². The van der Waals surface area contributed by atoms with Gasteiger partial charge in [0.05, 0.1) is 16.3 Å². The fraction of sp³-hybridized carbons (Fsp3) is 0.222. The summed E-state index contributed by atoms with van der Waals surface area (Å²) < 4.78 is 1.85. The number of fused-ring (bicyclic) bond motifs is 1. The third-order valence-electron chi connectivity index (χ3n) is 2.31. The van der Waals surface area contributed by atoms with Crippen LogP contribution in [-0.4, -0.2) is 26.6 Å². The fourth-order valence-corrected chi connectivity index (χ4v) is 3.26. The van der Waals surface area contributed by atoms with E-state index >= 15 is 0 Å². The van der Waals surface area contributed by atoms with Gasteiger partial charge in [-0.05, 0) is 6.92 Å². The van der Waals surface area contributed by atoms with Crippen LogP contribution >= 0.6 is 22.7 Å². The molecule has 82 valence electrons. The van der Waals surface area contributed by atoms with Gasteiger partial charge in [-0.2, -0.15) is 5.10 Å². The van der Waals surface area contributed by atoms with Gasteiger partial charge in [-0.25, -0.2) is 14.5 Å². The van der Waals surface area contributed by atoms with Crippen LogP contribution in [0.3, 0.4) is 0 Å². The topological polar surface area (TPSA) is 55.1 Å². The van der Waals surface area contributed by atoms with Crippen molar-refractivity contribution < 1.29 is 0 Å². The average Bonchev–Trinajstić information content (AvgIpc) is 2.96. The molecule has 0 atom stereocenters. The number of thiazole rings is 2. The summed E-state index contributed by atoms with van der Waals surface area (Å²) in [5.74, 6) is 0. The zero-order valence-corrected chi connectivity index (χ0v) is 10.4. The number of nitrogens with one attached hydrogen (secondary N) is 1. The number of anilines is 1. The molecule has 0 fully saturated rings. The highest BCUT2D eigenvalue weighted by molar-refractivity contribution is 7.21. The second-order valence-electron chi connectivity index (χ2n) is 3.26. The van der Waals surface area contributed by atoms with Crippen LogP contribution < -0.4 is 5.32 Å². The minimum Gasteiger partial charge on any atom is -0.365 e. The lowest BCUT2D eigenvalue weighted by atomic mass is 10.3. The lowest BCUT2D eigenvalue weighted by Gasteiger charge is -1.93. The molecule has 3 heterocycles. The first-order valence-corrected chi connectivity index (χ1v) is 6.42. The van der Waals surface area contributed by atoms with Crippen LogP contribution in [0, 0.1) is 6.92 Å². The van der Waals surface area contributed by atoms with Crippen molar-refractivity contribution in [2.75, 3.05) is 12.4 Å². The molecule has 0 aromatic carbocycles. The van der Waals surface area contributed by atoms with E-state index in [1.54, 1.807) is 29.0 Å². The van der Waals surface area contributed by atoms with Crippen LogP contribution in [0.15, 0.2) is 11.7 Å². The summed E-state index contributed by atoms with van der Waals surface area (Å²) in [4.78, 5) is 10.7. The van der Waals surface area contributed by atoms with Gasteiger partial charge in [-0.3, -0.25) is 0 Å². The Hall–Kier alpha value is -1.47. The van der Waals surface area contributed by atoms with Gasteiger partial charge in [0.15, 0.2) is 5.13 Å². The van der Waals surface area contributed by atoms with E-state index in [2.05, 4.69) is 20.4 Å². The van der Waals surface area contributed by atoms with Crippen molar-refractivity contribution in [1.82, 2.24) is 19.6 Å². The maximum absolute atomic E-state index is 4.48. The van der Waals surface area contributed by atoms with Crippen molar-refractivity contribution in [2.24, 2.45) is 0 Å². The van der Waals surface area contributed by atoms with Gasteiger partial charge in [0, 0.05) is 12.4 Å². The van der Waals surface area contributed by atoms with E-state index in [-0.39, 0.29) is 0 Å². The Morgan fingerprint density at radius 1 is 1.44 bits per heavy atom. The van der Waals surface area contributed by atoms with Crippen molar-refractivity contribution >= 4 is 32.8 Å². The number of aryl methyl sites for hydroxylation is 1. The Labute approximate surface area is 99.8 Å². The number of hydrogen-bond donors (Lipinski definition) is 1. The number of aromatic nitrogens is 4. The summed E-state index contributed by atoms with van der Waals surface area (Å²) in [6.45, 7) is 2.03. The molecule has 5 nitrogen and oxygen atoms in total. The third-order valence-corrected chi connectivity index (χ3v) is 4.34. The molecule has 0 amide bonds. The predicted molar refractivity (Wildman–Crippen MR) is 66.3 cm³/mol. The molecule has 0 radical (unpaired) electrons.